The fourth-order valence-electron chi connectivity index (χ4n) is 1.57. The van der Waals surface area contributed by atoms with E-state index in [0.29, 0.717) is 0 Å². The van der Waals surface area contributed by atoms with Gasteiger partial charge in [0.1, 0.15) is 17.7 Å². The van der Waals surface area contributed by atoms with Crippen molar-refractivity contribution in [2.24, 2.45) is 0 Å². The molecule has 0 radical (unpaired) electrons. The second-order valence-electron chi connectivity index (χ2n) is 3.79. The van der Waals surface area contributed by atoms with E-state index >= 15 is 0 Å². The van der Waals surface area contributed by atoms with Crippen LogP contribution in [0.25, 0.3) is 11.0 Å². The van der Waals surface area contributed by atoms with Gasteiger partial charge in [0.05, 0.1) is 17.0 Å². The quantitative estimate of drug-likeness (QED) is 0.837. The summed E-state index contributed by atoms with van der Waals surface area (Å²) in [6, 6.07) is 1.67. The van der Waals surface area contributed by atoms with Crippen molar-refractivity contribution in [1.29, 1.82) is 0 Å². The number of nitrogens with one attached hydrogen (secondary N) is 1. The molecule has 0 spiro atoms. The lowest BCUT2D eigenvalue weighted by Gasteiger charge is -2.09. The summed E-state index contributed by atoms with van der Waals surface area (Å²) in [4.78, 5) is 11.8. The van der Waals surface area contributed by atoms with E-state index in [9.17, 15) is 13.6 Å². The maximum absolute atomic E-state index is 13.6. The van der Waals surface area contributed by atoms with E-state index in [2.05, 4.69) is 5.32 Å². The normalized spacial score (nSPS) is 12.9. The van der Waals surface area contributed by atoms with Gasteiger partial charge in [0, 0.05) is 6.07 Å². The van der Waals surface area contributed by atoms with Crippen molar-refractivity contribution < 1.29 is 18.0 Å². The molecule has 0 amide bonds. The van der Waals surface area contributed by atoms with Gasteiger partial charge >= 0.3 is 0 Å². The number of benzene rings is 1. The van der Waals surface area contributed by atoms with Crippen LogP contribution in [0.4, 0.5) is 8.78 Å². The molecule has 0 saturated carbocycles. The maximum atomic E-state index is 13.6. The minimum Gasteiger partial charge on any atom is -0.461 e. The van der Waals surface area contributed by atoms with Gasteiger partial charge in [0.2, 0.25) is 0 Å². The first-order chi connectivity index (χ1) is 8.04. The fraction of sp³-hybridized carbons (Fsp3) is 0.250. The monoisotopic (exact) mass is 239 g/mol. The van der Waals surface area contributed by atoms with Crippen LogP contribution in [0.1, 0.15) is 17.3 Å². The molecule has 0 fully saturated rings. The third-order valence-corrected chi connectivity index (χ3v) is 2.71. The predicted molar refractivity (Wildman–Crippen MR) is 59.0 cm³/mol. The number of hydrogen-bond donors (Lipinski definition) is 1. The summed E-state index contributed by atoms with van der Waals surface area (Å²) in [6.45, 7) is 1.61. The molecule has 0 unspecified atom stereocenters. The number of carbonyl (C=O) groups excluding carboxylic acids is 1. The van der Waals surface area contributed by atoms with Crippen molar-refractivity contribution in [2.45, 2.75) is 13.0 Å². The molecule has 1 heterocycles. The molecule has 1 atom stereocenters. The van der Waals surface area contributed by atoms with Crippen molar-refractivity contribution in [3.63, 3.8) is 0 Å². The highest BCUT2D eigenvalue weighted by Crippen LogP contribution is 2.24. The number of fused-ring (bicyclic) bond motifs is 1. The lowest BCUT2D eigenvalue weighted by molar-refractivity contribution is 0.0951. The number of carbonyl (C=O) groups is 1. The number of Topliss-reactive ketones (excluding diaryl/α,β-unsaturated/α-hetero) is 1. The number of hydrogen-bond acceptors (Lipinski definition) is 3. The van der Waals surface area contributed by atoms with Crippen LogP contribution in [0.15, 0.2) is 22.8 Å². The molecule has 90 valence electrons. The number of ketones is 1. The number of likely N-dealkylation sites (N-methyl/N-ethyl adjacent to an activating group) is 1. The first-order valence-corrected chi connectivity index (χ1v) is 5.12. The number of furan rings is 1. The Morgan fingerprint density at radius 1 is 1.35 bits per heavy atom. The Bertz CT molecular complexity index is 577. The highest BCUT2D eigenvalue weighted by molar-refractivity contribution is 6.02. The zero-order valence-electron chi connectivity index (χ0n) is 9.38. The third-order valence-electron chi connectivity index (χ3n) is 2.71. The molecule has 1 aromatic heterocycles. The van der Waals surface area contributed by atoms with Gasteiger partial charge < -0.3 is 9.73 Å². The van der Waals surface area contributed by atoms with Gasteiger partial charge in [-0.15, -0.1) is 0 Å². The zero-order valence-corrected chi connectivity index (χ0v) is 9.38. The summed E-state index contributed by atoms with van der Waals surface area (Å²) in [6.07, 6.45) is 0.889. The van der Waals surface area contributed by atoms with Crippen LogP contribution in [-0.4, -0.2) is 18.9 Å². The lowest BCUT2D eigenvalue weighted by Crippen LogP contribution is -2.31. The van der Waals surface area contributed by atoms with Crippen molar-refractivity contribution in [1.82, 2.24) is 5.32 Å². The topological polar surface area (TPSA) is 42.2 Å². The Morgan fingerprint density at radius 3 is 2.71 bits per heavy atom. The predicted octanol–water partition coefficient (Wildman–Crippen LogP) is 2.50. The smallest absolute Gasteiger partial charge is 0.182 e. The van der Waals surface area contributed by atoms with Gasteiger partial charge in [-0.1, -0.05) is 0 Å². The van der Waals surface area contributed by atoms with Crippen molar-refractivity contribution in [3.8, 4) is 0 Å². The molecule has 3 nitrogen and oxygen atoms in total. The second kappa shape index (κ2) is 4.25. The average Bonchev–Trinajstić information content (AvgIpc) is 2.67. The summed E-state index contributed by atoms with van der Waals surface area (Å²) < 4.78 is 31.7. The van der Waals surface area contributed by atoms with E-state index in [1.54, 1.807) is 14.0 Å². The summed E-state index contributed by atoms with van der Waals surface area (Å²) >= 11 is 0. The van der Waals surface area contributed by atoms with Gasteiger partial charge in [-0.25, -0.2) is 8.78 Å². The van der Waals surface area contributed by atoms with E-state index in [0.717, 1.165) is 12.3 Å². The molecular weight excluding hydrogens is 228 g/mol. The van der Waals surface area contributed by atoms with Crippen LogP contribution >= 0.6 is 0 Å². The van der Waals surface area contributed by atoms with Gasteiger partial charge in [-0.05, 0) is 20.0 Å². The van der Waals surface area contributed by atoms with Crippen LogP contribution < -0.4 is 5.32 Å². The van der Waals surface area contributed by atoms with Crippen LogP contribution in [0.3, 0.4) is 0 Å². The molecular formula is C12H11F2NO2. The van der Waals surface area contributed by atoms with Gasteiger partial charge in [0.25, 0.3) is 0 Å². The summed E-state index contributed by atoms with van der Waals surface area (Å²) in [5.41, 5.74) is -0.0479. The number of rotatable bonds is 3. The highest BCUT2D eigenvalue weighted by Gasteiger charge is 2.20. The third kappa shape index (κ3) is 1.93. The largest absolute Gasteiger partial charge is 0.461 e. The standard InChI is InChI=1S/C12H11F2NO2/c1-6(15-2)12(16)8-3-7-10(14)5-17-11(7)4-9(8)13/h3-6,15H,1-2H3/t6-/m0/s1. The van der Waals surface area contributed by atoms with Crippen molar-refractivity contribution in [2.75, 3.05) is 7.05 Å². The van der Waals surface area contributed by atoms with E-state index < -0.39 is 23.5 Å². The molecule has 5 heteroatoms. The Hall–Kier alpha value is -1.75. The first kappa shape index (κ1) is 11.7. The first-order valence-electron chi connectivity index (χ1n) is 5.12. The minimum atomic E-state index is -0.709. The highest BCUT2D eigenvalue weighted by atomic mass is 19.1. The van der Waals surface area contributed by atoms with E-state index in [4.69, 9.17) is 4.42 Å². The molecule has 0 aliphatic carbocycles. The summed E-state index contributed by atoms with van der Waals surface area (Å²) in [7, 11) is 1.59. The van der Waals surface area contributed by atoms with Gasteiger partial charge in [-0.2, -0.15) is 0 Å². The van der Waals surface area contributed by atoms with Crippen LogP contribution in [0.5, 0.6) is 0 Å². The van der Waals surface area contributed by atoms with Crippen LogP contribution in [0.2, 0.25) is 0 Å². The minimum absolute atomic E-state index is 0.0914. The van der Waals surface area contributed by atoms with E-state index in [1.165, 1.54) is 6.07 Å². The molecule has 1 aromatic carbocycles. The van der Waals surface area contributed by atoms with Gasteiger partial charge in [0.15, 0.2) is 11.6 Å². The van der Waals surface area contributed by atoms with E-state index in [-0.39, 0.29) is 16.5 Å². The molecule has 0 aliphatic heterocycles. The molecule has 2 aromatic rings. The molecule has 2 rings (SSSR count). The Labute approximate surface area is 96.4 Å². The van der Waals surface area contributed by atoms with Gasteiger partial charge in [-0.3, -0.25) is 4.79 Å². The Balaban J connectivity index is 2.57. The molecule has 0 aliphatic rings. The molecule has 0 saturated heterocycles. The lowest BCUT2D eigenvalue weighted by atomic mass is 10.0. The van der Waals surface area contributed by atoms with E-state index in [1.807, 2.05) is 0 Å². The molecule has 0 bridgehead atoms. The zero-order chi connectivity index (χ0) is 12.6. The van der Waals surface area contributed by atoms with Crippen LogP contribution in [0, 0.1) is 11.6 Å². The van der Waals surface area contributed by atoms with Crippen molar-refractivity contribution >= 4 is 16.8 Å². The maximum Gasteiger partial charge on any atom is 0.182 e. The summed E-state index contributed by atoms with van der Waals surface area (Å²) in [5.74, 6) is -1.74. The molecule has 1 N–H and O–H groups in total. The second-order valence-corrected chi connectivity index (χ2v) is 3.79. The summed E-state index contributed by atoms with van der Waals surface area (Å²) in [5, 5.41) is 2.82. The Morgan fingerprint density at radius 2 is 2.06 bits per heavy atom. The number of halogens is 2. The van der Waals surface area contributed by atoms with Crippen molar-refractivity contribution in [3.05, 3.63) is 35.6 Å². The van der Waals surface area contributed by atoms with Crippen LogP contribution in [-0.2, 0) is 0 Å². The SMILES string of the molecule is CN[C@@H](C)C(=O)c1cc2c(F)coc2cc1F. The Kier molecular flexibility index (Phi) is 2.93. The fourth-order valence-corrected chi connectivity index (χ4v) is 1.57. The molecule has 17 heavy (non-hydrogen) atoms. The average molecular weight is 239 g/mol.